The predicted octanol–water partition coefficient (Wildman–Crippen LogP) is 0.124. The van der Waals surface area contributed by atoms with Gasteiger partial charge in [-0.15, -0.1) is 0 Å². The fourth-order valence-corrected chi connectivity index (χ4v) is 1.73. The van der Waals surface area contributed by atoms with Crippen molar-refractivity contribution in [2.45, 2.75) is 31.7 Å². The second kappa shape index (κ2) is 6.09. The maximum absolute atomic E-state index is 8.95. The van der Waals surface area contributed by atoms with E-state index >= 15 is 0 Å². The Morgan fingerprint density at radius 3 is 2.71 bits per heavy atom. The van der Waals surface area contributed by atoms with Crippen LogP contribution in [0, 0.1) is 0 Å². The summed E-state index contributed by atoms with van der Waals surface area (Å²) < 4.78 is 5.17. The van der Waals surface area contributed by atoms with Gasteiger partial charge in [0.25, 0.3) is 0 Å². The minimum atomic E-state index is 0.0960. The fourth-order valence-electron chi connectivity index (χ4n) is 1.73. The third-order valence-corrected chi connectivity index (χ3v) is 2.82. The van der Waals surface area contributed by atoms with Crippen LogP contribution in [0.15, 0.2) is 4.52 Å². The Morgan fingerprint density at radius 2 is 2.06 bits per heavy atom. The first-order chi connectivity index (χ1) is 8.33. The van der Waals surface area contributed by atoms with E-state index in [2.05, 4.69) is 10.1 Å². The highest BCUT2D eigenvalue weighted by atomic mass is 16.5. The van der Waals surface area contributed by atoms with Gasteiger partial charge in [-0.25, -0.2) is 0 Å². The van der Waals surface area contributed by atoms with Crippen LogP contribution in [-0.4, -0.2) is 51.6 Å². The molecule has 6 heteroatoms. The van der Waals surface area contributed by atoms with E-state index in [0.717, 1.165) is 25.3 Å². The molecule has 1 aliphatic carbocycles. The number of aromatic nitrogens is 2. The third-order valence-electron chi connectivity index (χ3n) is 2.82. The third kappa shape index (κ3) is 3.76. The summed E-state index contributed by atoms with van der Waals surface area (Å²) in [5.74, 6) is 1.88. The molecule has 1 aliphatic rings. The smallest absolute Gasteiger partial charge is 0.229 e. The van der Waals surface area contributed by atoms with Crippen LogP contribution in [0.5, 0.6) is 0 Å². The Hall–Kier alpha value is -0.980. The van der Waals surface area contributed by atoms with E-state index in [-0.39, 0.29) is 13.2 Å². The molecule has 0 radical (unpaired) electrons. The number of aliphatic hydroxyl groups excluding tert-OH is 2. The van der Waals surface area contributed by atoms with Crippen molar-refractivity contribution in [1.29, 1.82) is 0 Å². The zero-order valence-electron chi connectivity index (χ0n) is 9.88. The molecule has 1 saturated carbocycles. The molecule has 1 aromatic rings. The topological polar surface area (TPSA) is 82.6 Å². The van der Waals surface area contributed by atoms with Crippen LogP contribution in [-0.2, 0) is 6.54 Å². The summed E-state index contributed by atoms with van der Waals surface area (Å²) in [5.41, 5.74) is 0. The van der Waals surface area contributed by atoms with Crippen molar-refractivity contribution in [3.05, 3.63) is 11.7 Å². The lowest BCUT2D eigenvalue weighted by Gasteiger charge is -2.18. The lowest BCUT2D eigenvalue weighted by Crippen LogP contribution is -2.28. The van der Waals surface area contributed by atoms with E-state index in [1.807, 2.05) is 4.90 Å². The SMILES string of the molecule is OCCCN(CCO)Cc1noc(C2CC2)n1. The van der Waals surface area contributed by atoms with Gasteiger partial charge in [0.1, 0.15) is 0 Å². The minimum Gasteiger partial charge on any atom is -0.396 e. The average Bonchev–Trinajstić information content (AvgIpc) is 3.08. The van der Waals surface area contributed by atoms with Crippen molar-refractivity contribution < 1.29 is 14.7 Å². The molecule has 0 amide bonds. The van der Waals surface area contributed by atoms with Crippen LogP contribution >= 0.6 is 0 Å². The Labute approximate surface area is 100 Å². The minimum absolute atomic E-state index is 0.0960. The molecule has 6 nitrogen and oxygen atoms in total. The molecule has 0 bridgehead atoms. The summed E-state index contributed by atoms with van der Waals surface area (Å²) in [6.45, 7) is 2.11. The Morgan fingerprint density at radius 1 is 1.24 bits per heavy atom. The van der Waals surface area contributed by atoms with E-state index in [1.165, 1.54) is 0 Å². The zero-order chi connectivity index (χ0) is 12.1. The molecule has 0 unspecified atom stereocenters. The summed E-state index contributed by atoms with van der Waals surface area (Å²) >= 11 is 0. The van der Waals surface area contributed by atoms with Gasteiger partial charge < -0.3 is 14.7 Å². The molecule has 0 saturated heterocycles. The van der Waals surface area contributed by atoms with Crippen molar-refractivity contribution in [2.75, 3.05) is 26.3 Å². The van der Waals surface area contributed by atoms with Gasteiger partial charge in [-0.05, 0) is 19.3 Å². The Balaban J connectivity index is 1.85. The van der Waals surface area contributed by atoms with Crippen molar-refractivity contribution in [3.63, 3.8) is 0 Å². The number of rotatable bonds is 8. The second-order valence-electron chi connectivity index (χ2n) is 4.40. The van der Waals surface area contributed by atoms with Gasteiger partial charge in [0, 0.05) is 25.6 Å². The summed E-state index contributed by atoms with van der Waals surface area (Å²) in [5, 5.41) is 21.7. The molecule has 17 heavy (non-hydrogen) atoms. The summed E-state index contributed by atoms with van der Waals surface area (Å²) in [6.07, 6.45) is 2.98. The zero-order valence-corrected chi connectivity index (χ0v) is 9.88. The van der Waals surface area contributed by atoms with E-state index in [9.17, 15) is 0 Å². The highest BCUT2D eigenvalue weighted by molar-refractivity contribution is 5.01. The number of nitrogens with zero attached hydrogens (tertiary/aromatic N) is 3. The maximum atomic E-state index is 8.95. The normalized spacial score (nSPS) is 15.7. The lowest BCUT2D eigenvalue weighted by atomic mass is 10.3. The van der Waals surface area contributed by atoms with E-state index in [4.69, 9.17) is 14.7 Å². The molecule has 96 valence electrons. The molecule has 1 fully saturated rings. The molecule has 0 atom stereocenters. The Bertz CT molecular complexity index is 338. The van der Waals surface area contributed by atoms with Gasteiger partial charge in [-0.3, -0.25) is 4.90 Å². The molecule has 0 aromatic carbocycles. The first-order valence-electron chi connectivity index (χ1n) is 6.10. The van der Waals surface area contributed by atoms with Crippen LogP contribution in [0.1, 0.15) is 36.9 Å². The van der Waals surface area contributed by atoms with Crippen molar-refractivity contribution >= 4 is 0 Å². The monoisotopic (exact) mass is 241 g/mol. The van der Waals surface area contributed by atoms with Crippen LogP contribution in [0.4, 0.5) is 0 Å². The highest BCUT2D eigenvalue weighted by Crippen LogP contribution is 2.38. The van der Waals surface area contributed by atoms with Gasteiger partial charge in [-0.2, -0.15) is 4.98 Å². The molecule has 1 aromatic heterocycles. The van der Waals surface area contributed by atoms with Crippen LogP contribution in [0.2, 0.25) is 0 Å². The number of aliphatic hydroxyl groups is 2. The molecular formula is C11H19N3O3. The summed E-state index contributed by atoms with van der Waals surface area (Å²) in [4.78, 5) is 6.35. The van der Waals surface area contributed by atoms with Gasteiger partial charge in [0.05, 0.1) is 13.2 Å². The van der Waals surface area contributed by atoms with Gasteiger partial charge in [0.2, 0.25) is 5.89 Å². The molecule has 0 spiro atoms. The first kappa shape index (κ1) is 12.5. The summed E-state index contributed by atoms with van der Waals surface area (Å²) in [6, 6.07) is 0. The molecule has 2 rings (SSSR count). The lowest BCUT2D eigenvalue weighted by molar-refractivity contribution is 0.170. The molecule has 1 heterocycles. The van der Waals surface area contributed by atoms with Crippen molar-refractivity contribution in [1.82, 2.24) is 15.0 Å². The largest absolute Gasteiger partial charge is 0.396 e. The summed E-state index contributed by atoms with van der Waals surface area (Å²) in [7, 11) is 0. The van der Waals surface area contributed by atoms with Crippen molar-refractivity contribution in [3.8, 4) is 0 Å². The van der Waals surface area contributed by atoms with E-state index in [0.29, 0.717) is 31.3 Å². The van der Waals surface area contributed by atoms with Crippen LogP contribution in [0.3, 0.4) is 0 Å². The predicted molar refractivity (Wildman–Crippen MR) is 60.3 cm³/mol. The first-order valence-corrected chi connectivity index (χ1v) is 6.10. The second-order valence-corrected chi connectivity index (χ2v) is 4.40. The van der Waals surface area contributed by atoms with Crippen LogP contribution < -0.4 is 0 Å². The molecule has 0 aliphatic heterocycles. The maximum Gasteiger partial charge on any atom is 0.229 e. The van der Waals surface area contributed by atoms with Gasteiger partial charge in [0.15, 0.2) is 5.82 Å². The fraction of sp³-hybridized carbons (Fsp3) is 0.818. The average molecular weight is 241 g/mol. The Kier molecular flexibility index (Phi) is 4.47. The van der Waals surface area contributed by atoms with E-state index in [1.54, 1.807) is 0 Å². The molecular weight excluding hydrogens is 222 g/mol. The standard InChI is InChI=1S/C11H19N3O3/c15-6-1-4-14(5-7-16)8-10-12-11(17-13-10)9-2-3-9/h9,15-16H,1-8H2. The van der Waals surface area contributed by atoms with Crippen LogP contribution in [0.25, 0.3) is 0 Å². The number of hydrogen-bond acceptors (Lipinski definition) is 6. The molecule has 2 N–H and O–H groups in total. The van der Waals surface area contributed by atoms with Crippen molar-refractivity contribution in [2.24, 2.45) is 0 Å². The highest BCUT2D eigenvalue weighted by Gasteiger charge is 2.29. The van der Waals surface area contributed by atoms with Gasteiger partial charge >= 0.3 is 0 Å². The quantitative estimate of drug-likeness (QED) is 0.673. The van der Waals surface area contributed by atoms with E-state index < -0.39 is 0 Å². The van der Waals surface area contributed by atoms with Gasteiger partial charge in [-0.1, -0.05) is 5.16 Å². The number of hydrogen-bond donors (Lipinski definition) is 2.